The van der Waals surface area contributed by atoms with Gasteiger partial charge in [0.25, 0.3) is 0 Å². The number of benzene rings is 2. The van der Waals surface area contributed by atoms with E-state index in [9.17, 15) is 10.1 Å². The molecule has 0 N–H and O–H groups in total. The van der Waals surface area contributed by atoms with Gasteiger partial charge in [0.05, 0.1) is 12.0 Å². The maximum Gasteiger partial charge on any atom is 0.164 e. The lowest BCUT2D eigenvalue weighted by atomic mass is 9.93. The van der Waals surface area contributed by atoms with Gasteiger partial charge < -0.3 is 0 Å². The second kappa shape index (κ2) is 6.17. The number of rotatable bonds is 4. The summed E-state index contributed by atoms with van der Waals surface area (Å²) in [5.74, 6) is -0.466. The largest absolute Gasteiger partial charge is 0.294 e. The molecule has 0 aliphatic rings. The fourth-order valence-electron chi connectivity index (χ4n) is 1.86. The third kappa shape index (κ3) is 3.43. The first-order valence-corrected chi connectivity index (χ1v) is 6.32. The van der Waals surface area contributed by atoms with Crippen LogP contribution < -0.4 is 0 Å². The molecule has 0 radical (unpaired) electrons. The summed E-state index contributed by atoms with van der Waals surface area (Å²) in [6.07, 6.45) is 0.183. The van der Waals surface area contributed by atoms with Gasteiger partial charge in [-0.2, -0.15) is 5.26 Å². The number of nitriles is 1. The molecule has 0 aromatic heterocycles. The van der Waals surface area contributed by atoms with Gasteiger partial charge in [-0.05, 0) is 17.7 Å². The zero-order valence-electron chi connectivity index (χ0n) is 10.2. The maximum atomic E-state index is 12.1. The predicted molar refractivity (Wildman–Crippen MR) is 75.2 cm³/mol. The van der Waals surface area contributed by atoms with Crippen LogP contribution in [0.4, 0.5) is 0 Å². The molecule has 0 aliphatic carbocycles. The standard InChI is InChI=1S/C16H12ClNO/c17-15-8-6-12(7-9-15)14(11-18)10-16(19)13-4-2-1-3-5-13/h1-9,14H,10H2/t14-/m0/s1. The highest BCUT2D eigenvalue weighted by molar-refractivity contribution is 6.30. The van der Waals surface area contributed by atoms with Crippen molar-refractivity contribution in [2.75, 3.05) is 0 Å². The Balaban J connectivity index is 2.14. The van der Waals surface area contributed by atoms with E-state index in [4.69, 9.17) is 11.6 Å². The molecule has 1 atom stereocenters. The molecular weight excluding hydrogens is 258 g/mol. The molecule has 0 spiro atoms. The van der Waals surface area contributed by atoms with Gasteiger partial charge in [0.2, 0.25) is 0 Å². The third-order valence-electron chi connectivity index (χ3n) is 2.91. The summed E-state index contributed by atoms with van der Waals surface area (Å²) in [4.78, 5) is 12.1. The van der Waals surface area contributed by atoms with E-state index in [1.165, 1.54) is 0 Å². The highest BCUT2D eigenvalue weighted by atomic mass is 35.5. The van der Waals surface area contributed by atoms with Crippen molar-refractivity contribution in [3.8, 4) is 6.07 Å². The number of Topliss-reactive ketones (excluding diaryl/α,β-unsaturated/α-hetero) is 1. The minimum Gasteiger partial charge on any atom is -0.294 e. The molecule has 2 aromatic rings. The number of nitrogens with zero attached hydrogens (tertiary/aromatic N) is 1. The molecule has 0 unspecified atom stereocenters. The number of ketones is 1. The van der Waals surface area contributed by atoms with E-state index in [1.54, 1.807) is 36.4 Å². The molecule has 0 saturated heterocycles. The Morgan fingerprint density at radius 1 is 1.11 bits per heavy atom. The van der Waals surface area contributed by atoms with E-state index < -0.39 is 5.92 Å². The Bertz CT molecular complexity index is 599. The summed E-state index contributed by atoms with van der Waals surface area (Å²) in [5.41, 5.74) is 1.45. The van der Waals surface area contributed by atoms with Crippen molar-refractivity contribution >= 4 is 17.4 Å². The van der Waals surface area contributed by atoms with Crippen LogP contribution in [0, 0.1) is 11.3 Å². The average Bonchev–Trinajstić information content (AvgIpc) is 2.46. The normalized spacial score (nSPS) is 11.6. The fourth-order valence-corrected chi connectivity index (χ4v) is 1.99. The zero-order chi connectivity index (χ0) is 13.7. The zero-order valence-corrected chi connectivity index (χ0v) is 11.0. The van der Waals surface area contributed by atoms with Crippen LogP contribution in [0.25, 0.3) is 0 Å². The summed E-state index contributed by atoms with van der Waals surface area (Å²) < 4.78 is 0. The minimum atomic E-state index is -0.440. The van der Waals surface area contributed by atoms with Crippen molar-refractivity contribution in [2.45, 2.75) is 12.3 Å². The first kappa shape index (κ1) is 13.3. The quantitative estimate of drug-likeness (QED) is 0.780. The van der Waals surface area contributed by atoms with Crippen LogP contribution in [0.5, 0.6) is 0 Å². The molecule has 94 valence electrons. The fraction of sp³-hybridized carbons (Fsp3) is 0.125. The second-order valence-corrected chi connectivity index (χ2v) is 4.66. The summed E-state index contributed by atoms with van der Waals surface area (Å²) in [6, 6.07) is 18.2. The third-order valence-corrected chi connectivity index (χ3v) is 3.17. The van der Waals surface area contributed by atoms with Crippen molar-refractivity contribution in [2.24, 2.45) is 0 Å². The molecule has 2 rings (SSSR count). The highest BCUT2D eigenvalue weighted by Gasteiger charge is 2.16. The first-order chi connectivity index (χ1) is 9.20. The molecule has 0 heterocycles. The Morgan fingerprint density at radius 3 is 2.32 bits per heavy atom. The smallest absolute Gasteiger partial charge is 0.164 e. The van der Waals surface area contributed by atoms with Gasteiger partial charge in [0.15, 0.2) is 5.78 Å². The monoisotopic (exact) mass is 269 g/mol. The van der Waals surface area contributed by atoms with Crippen molar-refractivity contribution in [3.05, 3.63) is 70.7 Å². The van der Waals surface area contributed by atoms with E-state index in [0.29, 0.717) is 10.6 Å². The van der Waals surface area contributed by atoms with E-state index in [1.807, 2.05) is 18.2 Å². The van der Waals surface area contributed by atoms with Crippen LogP contribution in [-0.2, 0) is 0 Å². The topological polar surface area (TPSA) is 40.9 Å². The van der Waals surface area contributed by atoms with Gasteiger partial charge in [0, 0.05) is 17.0 Å². The van der Waals surface area contributed by atoms with Crippen molar-refractivity contribution < 1.29 is 4.79 Å². The van der Waals surface area contributed by atoms with Gasteiger partial charge in [-0.1, -0.05) is 54.1 Å². The molecule has 3 heteroatoms. The van der Waals surface area contributed by atoms with Crippen LogP contribution in [-0.4, -0.2) is 5.78 Å². The molecule has 2 nitrogen and oxygen atoms in total. The Morgan fingerprint density at radius 2 is 1.74 bits per heavy atom. The number of halogens is 1. The summed E-state index contributed by atoms with van der Waals surface area (Å²) >= 11 is 5.81. The predicted octanol–water partition coefficient (Wildman–Crippen LogP) is 4.22. The van der Waals surface area contributed by atoms with Gasteiger partial charge in [-0.3, -0.25) is 4.79 Å². The SMILES string of the molecule is N#C[C@H](CC(=O)c1ccccc1)c1ccc(Cl)cc1. The maximum absolute atomic E-state index is 12.1. The summed E-state index contributed by atoms with van der Waals surface area (Å²) in [7, 11) is 0. The Labute approximate surface area is 117 Å². The highest BCUT2D eigenvalue weighted by Crippen LogP contribution is 2.22. The van der Waals surface area contributed by atoms with E-state index >= 15 is 0 Å². The number of carbonyl (C=O) groups is 1. The summed E-state index contributed by atoms with van der Waals surface area (Å²) in [5, 5.41) is 9.83. The molecule has 0 fully saturated rings. The Kier molecular flexibility index (Phi) is 4.33. The number of hydrogen-bond donors (Lipinski definition) is 0. The van der Waals surface area contributed by atoms with Gasteiger partial charge in [-0.25, -0.2) is 0 Å². The minimum absolute atomic E-state index is 0.0258. The molecule has 0 saturated carbocycles. The average molecular weight is 270 g/mol. The first-order valence-electron chi connectivity index (χ1n) is 5.94. The van der Waals surface area contributed by atoms with Crippen LogP contribution in [0.1, 0.15) is 28.3 Å². The van der Waals surface area contributed by atoms with Crippen molar-refractivity contribution in [3.63, 3.8) is 0 Å². The van der Waals surface area contributed by atoms with E-state index in [2.05, 4.69) is 6.07 Å². The lowest BCUT2D eigenvalue weighted by Gasteiger charge is -2.08. The molecule has 19 heavy (non-hydrogen) atoms. The van der Waals surface area contributed by atoms with Crippen molar-refractivity contribution in [1.82, 2.24) is 0 Å². The Hall–Kier alpha value is -2.11. The number of carbonyl (C=O) groups excluding carboxylic acids is 1. The van der Waals surface area contributed by atoms with Crippen LogP contribution in [0.15, 0.2) is 54.6 Å². The van der Waals surface area contributed by atoms with Crippen LogP contribution >= 0.6 is 11.6 Å². The van der Waals surface area contributed by atoms with Crippen LogP contribution in [0.2, 0.25) is 5.02 Å². The van der Waals surface area contributed by atoms with Crippen LogP contribution in [0.3, 0.4) is 0 Å². The molecule has 0 bridgehead atoms. The lowest BCUT2D eigenvalue weighted by Crippen LogP contribution is -2.06. The lowest BCUT2D eigenvalue weighted by molar-refractivity contribution is 0.0979. The van der Waals surface area contributed by atoms with E-state index in [-0.39, 0.29) is 12.2 Å². The van der Waals surface area contributed by atoms with Gasteiger partial charge >= 0.3 is 0 Å². The van der Waals surface area contributed by atoms with Gasteiger partial charge in [0.1, 0.15) is 0 Å². The summed E-state index contributed by atoms with van der Waals surface area (Å²) in [6.45, 7) is 0. The molecule has 0 amide bonds. The molecular formula is C16H12ClNO. The van der Waals surface area contributed by atoms with E-state index in [0.717, 1.165) is 5.56 Å². The number of hydrogen-bond acceptors (Lipinski definition) is 2. The molecule has 0 aliphatic heterocycles. The molecule has 2 aromatic carbocycles. The second-order valence-electron chi connectivity index (χ2n) is 4.23. The van der Waals surface area contributed by atoms with Crippen molar-refractivity contribution in [1.29, 1.82) is 5.26 Å². The van der Waals surface area contributed by atoms with Gasteiger partial charge in [-0.15, -0.1) is 0 Å².